The van der Waals surface area contributed by atoms with Crippen LogP contribution in [-0.2, 0) is 24.3 Å². The summed E-state index contributed by atoms with van der Waals surface area (Å²) in [4.78, 5) is 21.3. The fourth-order valence-corrected chi connectivity index (χ4v) is 3.88. The molecule has 0 unspecified atom stereocenters. The molecule has 0 aliphatic carbocycles. The molecule has 7 heteroatoms. The molecule has 138 valence electrons. The first-order chi connectivity index (χ1) is 13.1. The van der Waals surface area contributed by atoms with E-state index in [1.807, 2.05) is 30.5 Å². The van der Waals surface area contributed by atoms with Gasteiger partial charge in [0.2, 0.25) is 5.91 Å². The number of nitrogens with one attached hydrogen (secondary N) is 1. The van der Waals surface area contributed by atoms with Gasteiger partial charge in [-0.05, 0) is 38.1 Å². The molecular formula is C20H20N4O2S. The molecule has 0 aliphatic rings. The van der Waals surface area contributed by atoms with Crippen LogP contribution in [-0.4, -0.2) is 20.4 Å². The third-order valence-corrected chi connectivity index (χ3v) is 5.28. The van der Waals surface area contributed by atoms with Crippen LogP contribution in [0, 0.1) is 6.92 Å². The number of aryl methyl sites for hydroxylation is 2. The van der Waals surface area contributed by atoms with Gasteiger partial charge in [-0.1, -0.05) is 0 Å². The number of fused-ring (bicyclic) bond motifs is 1. The molecular weight excluding hydrogens is 360 g/mol. The molecule has 0 saturated carbocycles. The summed E-state index contributed by atoms with van der Waals surface area (Å²) in [6.07, 6.45) is 4.14. The molecule has 4 heterocycles. The number of pyridine rings is 1. The Bertz CT molecular complexity index is 1090. The zero-order chi connectivity index (χ0) is 18.8. The van der Waals surface area contributed by atoms with Crippen LogP contribution in [0.4, 0.5) is 0 Å². The van der Waals surface area contributed by atoms with Crippen LogP contribution in [0.5, 0.6) is 0 Å². The second-order valence-electron chi connectivity index (χ2n) is 6.31. The smallest absolute Gasteiger partial charge is 0.226 e. The van der Waals surface area contributed by atoms with Gasteiger partial charge in [-0.15, -0.1) is 11.3 Å². The Morgan fingerprint density at radius 1 is 1.33 bits per heavy atom. The zero-order valence-electron chi connectivity index (χ0n) is 15.2. The minimum absolute atomic E-state index is 0.0708. The van der Waals surface area contributed by atoms with Crippen molar-refractivity contribution >= 4 is 28.3 Å². The van der Waals surface area contributed by atoms with E-state index in [-0.39, 0.29) is 12.3 Å². The fraction of sp³-hybridized carbons (Fsp3) is 0.250. The lowest BCUT2D eigenvalue weighted by atomic mass is 10.2. The average Bonchev–Trinajstić information content (AvgIpc) is 3.38. The van der Waals surface area contributed by atoms with Crippen molar-refractivity contribution in [3.05, 3.63) is 59.3 Å². The number of hydrogen-bond acceptors (Lipinski definition) is 5. The first-order valence-electron chi connectivity index (χ1n) is 8.84. The van der Waals surface area contributed by atoms with Crippen molar-refractivity contribution < 1.29 is 9.21 Å². The zero-order valence-corrected chi connectivity index (χ0v) is 16.0. The highest BCUT2D eigenvalue weighted by Gasteiger charge is 2.15. The van der Waals surface area contributed by atoms with E-state index < -0.39 is 0 Å². The van der Waals surface area contributed by atoms with Crippen LogP contribution < -0.4 is 5.32 Å². The monoisotopic (exact) mass is 380 g/mol. The van der Waals surface area contributed by atoms with E-state index in [9.17, 15) is 4.79 Å². The van der Waals surface area contributed by atoms with Crippen LogP contribution in [0.1, 0.15) is 24.1 Å². The minimum atomic E-state index is -0.0708. The number of carbonyl (C=O) groups is 1. The molecule has 6 nitrogen and oxygen atoms in total. The highest BCUT2D eigenvalue weighted by Crippen LogP contribution is 2.31. The number of aromatic nitrogens is 3. The van der Waals surface area contributed by atoms with Gasteiger partial charge in [0.15, 0.2) is 0 Å². The summed E-state index contributed by atoms with van der Waals surface area (Å²) < 4.78 is 7.58. The maximum absolute atomic E-state index is 12.2. The topological polar surface area (TPSA) is 73.0 Å². The quantitative estimate of drug-likeness (QED) is 0.550. The molecule has 27 heavy (non-hydrogen) atoms. The molecule has 0 aliphatic heterocycles. The first kappa shape index (κ1) is 17.5. The molecule has 1 N–H and O–H groups in total. The second-order valence-corrected chi connectivity index (χ2v) is 7.17. The molecule has 1 amide bonds. The number of amides is 1. The standard InChI is InChI=1S/C20H20N4O2S/c1-3-24-11-17(16-5-4-8-21-19(16)24)20-23-14(12-27-20)9-18(25)22-10-15-7-6-13(2)26-15/h4-8,11-12H,3,9-10H2,1-2H3,(H,22,25). The van der Waals surface area contributed by atoms with Crippen molar-refractivity contribution in [3.8, 4) is 10.6 Å². The highest BCUT2D eigenvalue weighted by molar-refractivity contribution is 7.13. The van der Waals surface area contributed by atoms with Crippen molar-refractivity contribution in [2.24, 2.45) is 0 Å². The third-order valence-electron chi connectivity index (χ3n) is 4.35. The predicted octanol–water partition coefficient (Wildman–Crippen LogP) is 3.94. The van der Waals surface area contributed by atoms with Gasteiger partial charge >= 0.3 is 0 Å². The largest absolute Gasteiger partial charge is 0.465 e. The number of furan rings is 1. The summed E-state index contributed by atoms with van der Waals surface area (Å²) in [5.41, 5.74) is 2.78. The van der Waals surface area contributed by atoms with Crippen LogP contribution in [0.25, 0.3) is 21.6 Å². The van der Waals surface area contributed by atoms with Gasteiger partial charge in [0.25, 0.3) is 0 Å². The average molecular weight is 380 g/mol. The fourth-order valence-electron chi connectivity index (χ4n) is 3.04. The van der Waals surface area contributed by atoms with Crippen molar-refractivity contribution in [1.82, 2.24) is 19.9 Å². The van der Waals surface area contributed by atoms with Crippen molar-refractivity contribution in [3.63, 3.8) is 0 Å². The lowest BCUT2D eigenvalue weighted by Gasteiger charge is -2.01. The number of carbonyl (C=O) groups excluding carboxylic acids is 1. The Labute approximate surface area is 160 Å². The summed E-state index contributed by atoms with van der Waals surface area (Å²) >= 11 is 1.55. The van der Waals surface area contributed by atoms with Crippen molar-refractivity contribution in [1.29, 1.82) is 0 Å². The van der Waals surface area contributed by atoms with Gasteiger partial charge in [-0.2, -0.15) is 0 Å². The van der Waals surface area contributed by atoms with E-state index in [1.54, 1.807) is 17.5 Å². The Balaban J connectivity index is 1.48. The number of thiazole rings is 1. The SMILES string of the molecule is CCn1cc(-c2nc(CC(=O)NCc3ccc(C)o3)cs2)c2cccnc21. The molecule has 4 aromatic heterocycles. The Morgan fingerprint density at radius 3 is 3.00 bits per heavy atom. The lowest BCUT2D eigenvalue weighted by Crippen LogP contribution is -2.24. The Morgan fingerprint density at radius 2 is 2.22 bits per heavy atom. The molecule has 0 saturated heterocycles. The number of rotatable bonds is 6. The van der Waals surface area contributed by atoms with Crippen LogP contribution >= 0.6 is 11.3 Å². The van der Waals surface area contributed by atoms with E-state index in [2.05, 4.69) is 39.0 Å². The van der Waals surface area contributed by atoms with Crippen LogP contribution in [0.2, 0.25) is 0 Å². The molecule has 4 rings (SSSR count). The second kappa shape index (κ2) is 7.36. The van der Waals surface area contributed by atoms with E-state index in [4.69, 9.17) is 4.42 Å². The molecule has 0 spiro atoms. The molecule has 0 atom stereocenters. The van der Waals surface area contributed by atoms with Crippen LogP contribution in [0.3, 0.4) is 0 Å². The molecule has 0 fully saturated rings. The van der Waals surface area contributed by atoms with E-state index >= 15 is 0 Å². The van der Waals surface area contributed by atoms with Gasteiger partial charge in [-0.3, -0.25) is 4.79 Å². The normalized spacial score (nSPS) is 11.2. The molecule has 4 aromatic rings. The van der Waals surface area contributed by atoms with Gasteiger partial charge in [-0.25, -0.2) is 9.97 Å². The highest BCUT2D eigenvalue weighted by atomic mass is 32.1. The molecule has 0 aromatic carbocycles. The maximum Gasteiger partial charge on any atom is 0.226 e. The third kappa shape index (κ3) is 3.64. The number of hydrogen-bond donors (Lipinski definition) is 1. The van der Waals surface area contributed by atoms with Gasteiger partial charge in [0.05, 0.1) is 18.7 Å². The summed E-state index contributed by atoms with van der Waals surface area (Å²) in [7, 11) is 0. The van der Waals surface area contributed by atoms with E-state index in [0.29, 0.717) is 6.54 Å². The summed E-state index contributed by atoms with van der Waals surface area (Å²) in [6, 6.07) is 7.75. The van der Waals surface area contributed by atoms with Crippen molar-refractivity contribution in [2.45, 2.75) is 33.4 Å². The lowest BCUT2D eigenvalue weighted by molar-refractivity contribution is -0.120. The summed E-state index contributed by atoms with van der Waals surface area (Å²) in [5, 5.41) is 6.80. The summed E-state index contributed by atoms with van der Waals surface area (Å²) in [6.45, 7) is 5.21. The first-order valence-corrected chi connectivity index (χ1v) is 9.72. The minimum Gasteiger partial charge on any atom is -0.465 e. The summed E-state index contributed by atoms with van der Waals surface area (Å²) in [5.74, 6) is 1.52. The maximum atomic E-state index is 12.2. The van der Waals surface area contributed by atoms with E-state index in [0.717, 1.165) is 45.4 Å². The van der Waals surface area contributed by atoms with Gasteiger partial charge in [0, 0.05) is 35.3 Å². The molecule has 0 radical (unpaired) electrons. The van der Waals surface area contributed by atoms with Gasteiger partial charge in [0.1, 0.15) is 22.2 Å². The van der Waals surface area contributed by atoms with Crippen molar-refractivity contribution in [2.75, 3.05) is 0 Å². The van der Waals surface area contributed by atoms with Gasteiger partial charge < -0.3 is 14.3 Å². The van der Waals surface area contributed by atoms with Crippen LogP contribution in [0.15, 0.2) is 46.5 Å². The van der Waals surface area contributed by atoms with E-state index in [1.165, 1.54) is 0 Å². The Kier molecular flexibility index (Phi) is 4.77. The molecule has 0 bridgehead atoms. The Hall–Kier alpha value is -2.93. The number of nitrogens with zero attached hydrogens (tertiary/aromatic N) is 3. The predicted molar refractivity (Wildman–Crippen MR) is 106 cm³/mol.